The van der Waals surface area contributed by atoms with Gasteiger partial charge in [-0.1, -0.05) is 0 Å². The second kappa shape index (κ2) is 4.56. The Hall–Kier alpha value is -0.600. The summed E-state index contributed by atoms with van der Waals surface area (Å²) in [5.74, 6) is 0. The summed E-state index contributed by atoms with van der Waals surface area (Å²) in [6, 6.07) is 1.79. The van der Waals surface area contributed by atoms with Crippen LogP contribution in [-0.2, 0) is 10.9 Å². The molecule has 1 N–H and O–H groups in total. The van der Waals surface area contributed by atoms with Crippen molar-refractivity contribution in [3.63, 3.8) is 0 Å². The van der Waals surface area contributed by atoms with Crippen molar-refractivity contribution in [1.29, 1.82) is 5.26 Å². The fraction of sp³-hybridized carbons (Fsp3) is 0.667. The Bertz CT molecular complexity index is 149. The molecule has 0 heterocycles. The Morgan fingerprint density at radius 3 is 2.62 bits per heavy atom. The van der Waals surface area contributed by atoms with Gasteiger partial charge in [-0.05, 0) is 0 Å². The van der Waals surface area contributed by atoms with E-state index in [1.165, 1.54) is 0 Å². The Balaban J connectivity index is 3.09. The van der Waals surface area contributed by atoms with E-state index in [1.54, 1.807) is 6.07 Å². The molecule has 0 saturated heterocycles. The minimum atomic E-state index is -2.51. The first-order valence-corrected chi connectivity index (χ1v) is 3.20. The Labute approximate surface area is 49.2 Å². The highest BCUT2D eigenvalue weighted by Gasteiger charge is 1.81. The van der Waals surface area contributed by atoms with Gasteiger partial charge in [0.05, 0.1) is 6.07 Å². The molecule has 0 aromatic heterocycles. The summed E-state index contributed by atoms with van der Waals surface area (Å²) in [4.78, 5) is 0. The summed E-state index contributed by atoms with van der Waals surface area (Å²) in [6.45, 7) is 0.217. The van der Waals surface area contributed by atoms with Gasteiger partial charge in [-0.3, -0.25) is 0 Å². The highest BCUT2D eigenvalue weighted by molar-refractivity contribution is 7.70. The zero-order valence-electron chi connectivity index (χ0n) is 4.13. The topological polar surface area (TPSA) is 70.0 Å². The van der Waals surface area contributed by atoms with Crippen molar-refractivity contribution in [2.24, 2.45) is 0 Å². The zero-order chi connectivity index (χ0) is 6.41. The average molecular weight is 134 g/mol. The summed E-state index contributed by atoms with van der Waals surface area (Å²) >= 11 is 0. The largest absolute Gasteiger partial charge is 0.217 e. The molecule has 4 nitrogen and oxygen atoms in total. The van der Waals surface area contributed by atoms with E-state index in [0.29, 0.717) is 0 Å². The van der Waals surface area contributed by atoms with Crippen LogP contribution >= 0.6 is 0 Å². The van der Waals surface area contributed by atoms with Crippen molar-refractivity contribution in [1.82, 2.24) is 4.72 Å². The van der Waals surface area contributed by atoms with Crippen molar-refractivity contribution >= 4 is 10.9 Å². The number of hydrogen-bond donors (Lipinski definition) is 2. The zero-order valence-corrected chi connectivity index (χ0v) is 5.02. The molecule has 0 fully saturated rings. The molecule has 0 spiro atoms. The predicted octanol–water partition coefficient (Wildman–Crippen LogP) is -0.984. The Morgan fingerprint density at radius 2 is 2.25 bits per heavy atom. The van der Waals surface area contributed by atoms with Crippen LogP contribution in [0.15, 0.2) is 0 Å². The molecule has 0 aromatic rings. The van der Waals surface area contributed by atoms with Crippen LogP contribution in [0.1, 0.15) is 6.42 Å². The number of nitriles is 1. The van der Waals surface area contributed by atoms with E-state index in [2.05, 4.69) is 4.72 Å². The van der Waals surface area contributed by atoms with Crippen molar-refractivity contribution in [2.45, 2.75) is 6.42 Å². The van der Waals surface area contributed by atoms with Gasteiger partial charge in [0.2, 0.25) is 10.9 Å². The van der Waals surface area contributed by atoms with E-state index in [4.69, 9.17) is 5.26 Å². The first-order valence-electron chi connectivity index (χ1n) is 2.02. The normalized spacial score (nSPS) is 9.00. The third kappa shape index (κ3) is 5.40. The number of rotatable bonds is 3. The minimum Gasteiger partial charge on any atom is -0.217 e. The van der Waals surface area contributed by atoms with Crippen LogP contribution in [0.4, 0.5) is 0 Å². The molecule has 46 valence electrons. The molecule has 8 heavy (non-hydrogen) atoms. The molecular formula is C3H6N2O2S. The Morgan fingerprint density at radius 1 is 1.62 bits per heavy atom. The summed E-state index contributed by atoms with van der Waals surface area (Å²) in [7, 11) is -2.51. The summed E-state index contributed by atoms with van der Waals surface area (Å²) in [5.41, 5.74) is 0. The third-order valence-corrected chi connectivity index (χ3v) is 0.960. The fourth-order valence-electron chi connectivity index (χ4n) is 0.203. The minimum absolute atomic E-state index is 0.217. The maximum Gasteiger partial charge on any atom is 0.201 e. The lowest BCUT2D eigenvalue weighted by Gasteiger charge is -1.84. The van der Waals surface area contributed by atoms with E-state index in [9.17, 15) is 8.42 Å². The van der Waals surface area contributed by atoms with Crippen LogP contribution < -0.4 is 4.72 Å². The van der Waals surface area contributed by atoms with Crippen molar-refractivity contribution in [2.75, 3.05) is 6.54 Å². The summed E-state index contributed by atoms with van der Waals surface area (Å²) in [5, 5.41) is 7.89. The van der Waals surface area contributed by atoms with Crippen molar-refractivity contribution < 1.29 is 8.42 Å². The van der Waals surface area contributed by atoms with Gasteiger partial charge in [0.15, 0.2) is 0 Å². The monoisotopic (exact) mass is 134 g/mol. The molecule has 0 amide bonds. The van der Waals surface area contributed by atoms with Crippen molar-refractivity contribution in [3.8, 4) is 6.07 Å². The fourth-order valence-corrected chi connectivity index (χ4v) is 0.497. The molecule has 0 rings (SSSR count). The number of nitrogens with one attached hydrogen (secondary N) is 1. The smallest absolute Gasteiger partial charge is 0.201 e. The average Bonchev–Trinajstić information content (AvgIpc) is 1.66. The molecule has 0 aliphatic rings. The molecule has 0 aliphatic heterocycles. The maximum atomic E-state index is 9.69. The summed E-state index contributed by atoms with van der Waals surface area (Å²) in [6.07, 6.45) is 0.226. The molecule has 0 atom stereocenters. The molecule has 0 unspecified atom stereocenters. The predicted molar refractivity (Wildman–Crippen MR) is 28.5 cm³/mol. The lowest BCUT2D eigenvalue weighted by atomic mass is 10.5. The van der Waals surface area contributed by atoms with Crippen LogP contribution in [0.25, 0.3) is 0 Å². The van der Waals surface area contributed by atoms with Crippen LogP contribution in [0, 0.1) is 11.3 Å². The van der Waals surface area contributed by atoms with Gasteiger partial charge in [0.25, 0.3) is 0 Å². The summed E-state index contributed by atoms with van der Waals surface area (Å²) < 4.78 is 21.5. The van der Waals surface area contributed by atoms with Gasteiger partial charge >= 0.3 is 0 Å². The molecule has 0 radical (unpaired) electrons. The van der Waals surface area contributed by atoms with Gasteiger partial charge in [0, 0.05) is 13.0 Å². The third-order valence-electron chi connectivity index (χ3n) is 0.478. The number of thiol groups is 1. The quantitative estimate of drug-likeness (QED) is 0.385. The van der Waals surface area contributed by atoms with Crippen LogP contribution in [-0.4, -0.2) is 15.0 Å². The van der Waals surface area contributed by atoms with Crippen LogP contribution in [0.5, 0.6) is 0 Å². The number of nitrogens with zero attached hydrogens (tertiary/aromatic N) is 1. The van der Waals surface area contributed by atoms with E-state index >= 15 is 0 Å². The van der Waals surface area contributed by atoms with Gasteiger partial charge in [-0.15, -0.1) is 0 Å². The maximum absolute atomic E-state index is 9.69. The van der Waals surface area contributed by atoms with Crippen molar-refractivity contribution in [3.05, 3.63) is 0 Å². The van der Waals surface area contributed by atoms with Crippen LogP contribution in [0.3, 0.4) is 0 Å². The molecule has 0 aliphatic carbocycles. The lowest BCUT2D eigenvalue weighted by Crippen LogP contribution is -2.11. The highest BCUT2D eigenvalue weighted by atomic mass is 32.2. The Kier molecular flexibility index (Phi) is 4.21. The second-order valence-corrected chi connectivity index (χ2v) is 1.90. The second-order valence-electron chi connectivity index (χ2n) is 1.07. The molecular weight excluding hydrogens is 128 g/mol. The van der Waals surface area contributed by atoms with Gasteiger partial charge < -0.3 is 0 Å². The van der Waals surface area contributed by atoms with E-state index in [-0.39, 0.29) is 13.0 Å². The SMILES string of the molecule is N#CCCN[SH](=O)=O. The van der Waals surface area contributed by atoms with E-state index in [1.807, 2.05) is 0 Å². The molecule has 0 bridgehead atoms. The first kappa shape index (κ1) is 7.40. The number of hydrogen-bond acceptors (Lipinski definition) is 3. The molecule has 0 saturated carbocycles. The van der Waals surface area contributed by atoms with Gasteiger partial charge in [0.1, 0.15) is 0 Å². The molecule has 5 heteroatoms. The highest BCUT2D eigenvalue weighted by Crippen LogP contribution is 1.66. The van der Waals surface area contributed by atoms with E-state index in [0.717, 1.165) is 0 Å². The lowest BCUT2D eigenvalue weighted by molar-refractivity contribution is 0.602. The van der Waals surface area contributed by atoms with E-state index < -0.39 is 10.9 Å². The van der Waals surface area contributed by atoms with Gasteiger partial charge in [-0.25, -0.2) is 13.1 Å². The molecule has 0 aromatic carbocycles. The standard InChI is InChI=1S/C3H6N2O2S/c4-2-1-3-5-8(6)7/h8H,1,3H2,(H,5,6,7). The first-order chi connectivity index (χ1) is 3.77. The van der Waals surface area contributed by atoms with Crippen LogP contribution in [0.2, 0.25) is 0 Å². The van der Waals surface area contributed by atoms with Gasteiger partial charge in [-0.2, -0.15) is 5.26 Å².